The predicted molar refractivity (Wildman–Crippen MR) is 144 cm³/mol. The van der Waals surface area contributed by atoms with Gasteiger partial charge in [0.15, 0.2) is 5.78 Å². The highest BCUT2D eigenvalue weighted by Crippen LogP contribution is 2.35. The minimum Gasteiger partial charge on any atom is -0.508 e. The monoisotopic (exact) mass is 501 g/mol. The number of rotatable bonds is 10. The van der Waals surface area contributed by atoms with E-state index in [2.05, 4.69) is 53.2 Å². The van der Waals surface area contributed by atoms with E-state index in [-0.39, 0.29) is 36.7 Å². The third-order valence-corrected chi connectivity index (χ3v) is 7.00. The van der Waals surface area contributed by atoms with Crippen molar-refractivity contribution >= 4 is 11.8 Å². The van der Waals surface area contributed by atoms with Gasteiger partial charge < -0.3 is 10.2 Å². The molecule has 0 aliphatic carbocycles. The second-order valence-corrected chi connectivity index (χ2v) is 9.85. The number of carboxylic acid groups (broad SMARTS) is 1. The van der Waals surface area contributed by atoms with Crippen LogP contribution in [0.1, 0.15) is 46.9 Å². The second-order valence-electron chi connectivity index (χ2n) is 9.85. The Morgan fingerprint density at radius 2 is 1.59 bits per heavy atom. The Morgan fingerprint density at radius 3 is 2.30 bits per heavy atom. The first-order valence-corrected chi connectivity index (χ1v) is 12.7. The van der Waals surface area contributed by atoms with Crippen LogP contribution in [0, 0.1) is 0 Å². The quantitative estimate of drug-likeness (QED) is 0.363. The van der Waals surface area contributed by atoms with Crippen LogP contribution in [0.4, 0.5) is 0 Å². The molecular formula is C30H35N3O4. The summed E-state index contributed by atoms with van der Waals surface area (Å²) < 4.78 is 0. The number of Topliss-reactive ketones (excluding diaryl/α,β-unsaturated/α-hetero) is 1. The van der Waals surface area contributed by atoms with Gasteiger partial charge >= 0.3 is 5.97 Å². The third kappa shape index (κ3) is 6.83. The topological polar surface area (TPSA) is 93.1 Å². The van der Waals surface area contributed by atoms with Crippen molar-refractivity contribution in [2.24, 2.45) is 0 Å². The van der Waals surface area contributed by atoms with Crippen LogP contribution in [0.5, 0.6) is 5.75 Å². The average Bonchev–Trinajstić information content (AvgIpc) is 2.87. The van der Waals surface area contributed by atoms with Gasteiger partial charge in [0.05, 0.1) is 19.1 Å². The van der Waals surface area contributed by atoms with E-state index in [0.29, 0.717) is 11.6 Å². The van der Waals surface area contributed by atoms with Crippen molar-refractivity contribution < 1.29 is 19.8 Å². The highest BCUT2D eigenvalue weighted by atomic mass is 16.4. The first kappa shape index (κ1) is 26.5. The molecule has 0 radical (unpaired) electrons. The molecule has 7 nitrogen and oxygen atoms in total. The highest BCUT2D eigenvalue weighted by molar-refractivity contribution is 5.98. The molecule has 3 aromatic carbocycles. The molecule has 1 aliphatic heterocycles. The zero-order chi connectivity index (χ0) is 26.4. The van der Waals surface area contributed by atoms with Gasteiger partial charge in [-0.15, -0.1) is 0 Å². The molecule has 1 aliphatic rings. The lowest BCUT2D eigenvalue weighted by Crippen LogP contribution is -2.56. The van der Waals surface area contributed by atoms with Gasteiger partial charge in [-0.3, -0.25) is 24.7 Å². The summed E-state index contributed by atoms with van der Waals surface area (Å²) in [5, 5.41) is 21.8. The largest absolute Gasteiger partial charge is 0.508 e. The van der Waals surface area contributed by atoms with E-state index >= 15 is 0 Å². The Kier molecular flexibility index (Phi) is 8.71. The molecular weight excluding hydrogens is 466 g/mol. The lowest BCUT2D eigenvalue weighted by atomic mass is 9.91. The molecule has 0 bridgehead atoms. The molecule has 0 spiro atoms. The van der Waals surface area contributed by atoms with Gasteiger partial charge in [0.2, 0.25) is 0 Å². The Bertz CT molecular complexity index is 1220. The van der Waals surface area contributed by atoms with Gasteiger partial charge in [0.25, 0.3) is 0 Å². The van der Waals surface area contributed by atoms with Crippen molar-refractivity contribution in [2.45, 2.75) is 38.5 Å². The molecule has 1 fully saturated rings. The molecule has 0 aromatic heterocycles. The fourth-order valence-electron chi connectivity index (χ4n) is 5.16. The van der Waals surface area contributed by atoms with E-state index in [1.165, 1.54) is 5.56 Å². The zero-order valence-electron chi connectivity index (χ0n) is 21.4. The fourth-order valence-corrected chi connectivity index (χ4v) is 5.16. The SMILES string of the molecule is C[C@@H]1CN(C(c2cccc(O)c2)c2cccc(C(=O)CNCC(=O)O)c2)[C@H](C)CN1Cc1ccccc1. The number of carbonyl (C=O) groups is 2. The summed E-state index contributed by atoms with van der Waals surface area (Å²) in [6, 6.07) is 25.8. The van der Waals surface area contributed by atoms with Crippen molar-refractivity contribution in [3.63, 3.8) is 0 Å². The normalized spacial score (nSPS) is 19.4. The van der Waals surface area contributed by atoms with Crippen LogP contribution in [0.25, 0.3) is 0 Å². The summed E-state index contributed by atoms with van der Waals surface area (Å²) >= 11 is 0. The van der Waals surface area contributed by atoms with Gasteiger partial charge in [0.1, 0.15) is 5.75 Å². The van der Waals surface area contributed by atoms with Crippen molar-refractivity contribution in [3.8, 4) is 5.75 Å². The smallest absolute Gasteiger partial charge is 0.317 e. The van der Waals surface area contributed by atoms with Crippen molar-refractivity contribution in [2.75, 3.05) is 26.2 Å². The molecule has 3 N–H and O–H groups in total. The maximum absolute atomic E-state index is 12.8. The molecule has 4 rings (SSSR count). The number of hydrogen-bond donors (Lipinski definition) is 3. The molecule has 7 heteroatoms. The van der Waals surface area contributed by atoms with Gasteiger partial charge in [-0.05, 0) is 48.7 Å². The van der Waals surface area contributed by atoms with Gasteiger partial charge in [-0.1, -0.05) is 60.7 Å². The van der Waals surface area contributed by atoms with E-state index in [0.717, 1.165) is 30.8 Å². The highest BCUT2D eigenvalue weighted by Gasteiger charge is 2.35. The molecule has 1 heterocycles. The number of piperazine rings is 1. The van der Waals surface area contributed by atoms with E-state index in [4.69, 9.17) is 5.11 Å². The van der Waals surface area contributed by atoms with E-state index in [1.54, 1.807) is 18.2 Å². The maximum Gasteiger partial charge on any atom is 0.317 e. The van der Waals surface area contributed by atoms with Gasteiger partial charge in [-0.25, -0.2) is 0 Å². The van der Waals surface area contributed by atoms with Crippen LogP contribution in [0.2, 0.25) is 0 Å². The number of aliphatic carboxylic acids is 1. The summed E-state index contributed by atoms with van der Waals surface area (Å²) in [6.07, 6.45) is 0. The molecule has 1 saturated heterocycles. The number of nitrogens with one attached hydrogen (secondary N) is 1. The number of benzene rings is 3. The second kappa shape index (κ2) is 12.1. The van der Waals surface area contributed by atoms with Gasteiger partial charge in [-0.2, -0.15) is 0 Å². The average molecular weight is 502 g/mol. The maximum atomic E-state index is 12.8. The number of aromatic hydroxyl groups is 1. The third-order valence-electron chi connectivity index (χ3n) is 7.00. The fraction of sp³-hybridized carbons (Fsp3) is 0.333. The molecule has 37 heavy (non-hydrogen) atoms. The van der Waals surface area contributed by atoms with Crippen molar-refractivity contribution in [3.05, 3.63) is 101 Å². The zero-order valence-corrected chi connectivity index (χ0v) is 21.4. The van der Waals surface area contributed by atoms with Crippen LogP contribution in [-0.4, -0.2) is 70.0 Å². The number of carbonyl (C=O) groups excluding carboxylic acids is 1. The molecule has 0 amide bonds. The summed E-state index contributed by atoms with van der Waals surface area (Å²) in [7, 11) is 0. The van der Waals surface area contributed by atoms with Crippen LogP contribution < -0.4 is 5.32 Å². The number of phenolic OH excluding ortho intramolecular Hbond substituents is 1. The van der Waals surface area contributed by atoms with Crippen LogP contribution in [0.3, 0.4) is 0 Å². The van der Waals surface area contributed by atoms with E-state index < -0.39 is 5.97 Å². The minimum atomic E-state index is -1.000. The van der Waals surface area contributed by atoms with Crippen LogP contribution in [0.15, 0.2) is 78.9 Å². The first-order valence-electron chi connectivity index (χ1n) is 12.7. The number of ketones is 1. The minimum absolute atomic E-state index is 0.0435. The Hall–Kier alpha value is -3.52. The standard InChI is InChI=1S/C30H35N3O4/c1-21-19-33(22(2)18-32(21)20-23-8-4-3-5-9-23)30(26-12-7-13-27(34)15-26)25-11-6-10-24(14-25)28(35)16-31-17-29(36)37/h3-15,21-22,30-31,34H,16-20H2,1-2H3,(H,36,37)/t21-,22-,30?/m1/s1. The number of nitrogens with zero attached hydrogens (tertiary/aromatic N) is 2. The summed E-state index contributed by atoms with van der Waals surface area (Å²) in [6.45, 7) is 6.78. The number of hydrogen-bond acceptors (Lipinski definition) is 6. The summed E-state index contributed by atoms with van der Waals surface area (Å²) in [5.41, 5.74) is 3.75. The molecule has 3 aromatic rings. The molecule has 3 atom stereocenters. The van der Waals surface area contributed by atoms with E-state index in [9.17, 15) is 14.7 Å². The van der Waals surface area contributed by atoms with Crippen molar-refractivity contribution in [1.82, 2.24) is 15.1 Å². The van der Waals surface area contributed by atoms with Crippen LogP contribution >= 0.6 is 0 Å². The summed E-state index contributed by atoms with van der Waals surface area (Å²) in [4.78, 5) is 28.5. The molecule has 194 valence electrons. The Balaban J connectivity index is 1.60. The lowest BCUT2D eigenvalue weighted by molar-refractivity contribution is -0.135. The van der Waals surface area contributed by atoms with Crippen LogP contribution in [-0.2, 0) is 11.3 Å². The van der Waals surface area contributed by atoms with Crippen molar-refractivity contribution in [1.29, 1.82) is 0 Å². The first-order chi connectivity index (χ1) is 17.8. The Labute approximate surface area is 218 Å². The number of phenols is 1. The molecule has 0 saturated carbocycles. The predicted octanol–water partition coefficient (Wildman–Crippen LogP) is 3.93. The van der Waals surface area contributed by atoms with E-state index in [1.807, 2.05) is 36.4 Å². The summed E-state index contributed by atoms with van der Waals surface area (Å²) in [5.74, 6) is -0.956. The number of carboxylic acids is 1. The van der Waals surface area contributed by atoms with Gasteiger partial charge in [0, 0.05) is 37.3 Å². The molecule has 1 unspecified atom stereocenters. The Morgan fingerprint density at radius 1 is 0.892 bits per heavy atom. The lowest BCUT2D eigenvalue weighted by Gasteiger charge is -2.47.